The molecule has 0 saturated heterocycles. The van der Waals surface area contributed by atoms with Gasteiger partial charge in [0.05, 0.1) is 0 Å². The Kier molecular flexibility index (Phi) is 7.89. The first-order valence-electron chi connectivity index (χ1n) is 4.48. The standard InChI is InChI=1S/C8H21N3/c1-3-7-11(4-2)8-10-6-5-9/h10H,3-9H2,1-2H3. The van der Waals surface area contributed by atoms with Crippen LogP contribution in [0.4, 0.5) is 0 Å². The molecule has 3 heteroatoms. The van der Waals surface area contributed by atoms with Crippen LogP contribution in [0.5, 0.6) is 0 Å². The first-order chi connectivity index (χ1) is 5.35. The smallest absolute Gasteiger partial charge is 0.0480 e. The van der Waals surface area contributed by atoms with Crippen molar-refractivity contribution in [1.29, 1.82) is 0 Å². The van der Waals surface area contributed by atoms with E-state index < -0.39 is 0 Å². The van der Waals surface area contributed by atoms with Crippen LogP contribution in [0.3, 0.4) is 0 Å². The van der Waals surface area contributed by atoms with Crippen molar-refractivity contribution in [2.24, 2.45) is 5.73 Å². The van der Waals surface area contributed by atoms with Crippen molar-refractivity contribution in [2.45, 2.75) is 20.3 Å². The highest BCUT2D eigenvalue weighted by atomic mass is 15.2. The summed E-state index contributed by atoms with van der Waals surface area (Å²) in [6.45, 7) is 9.29. The molecule has 0 spiro atoms. The van der Waals surface area contributed by atoms with Crippen LogP contribution < -0.4 is 11.1 Å². The number of nitrogens with two attached hydrogens (primary N) is 1. The van der Waals surface area contributed by atoms with Crippen LogP contribution in [-0.4, -0.2) is 37.7 Å². The lowest BCUT2D eigenvalue weighted by atomic mass is 10.4. The zero-order valence-corrected chi connectivity index (χ0v) is 7.77. The average molecular weight is 159 g/mol. The Morgan fingerprint density at radius 1 is 1.36 bits per heavy atom. The van der Waals surface area contributed by atoms with Gasteiger partial charge < -0.3 is 11.1 Å². The fourth-order valence-electron chi connectivity index (χ4n) is 1.00. The molecule has 0 aromatic carbocycles. The van der Waals surface area contributed by atoms with Crippen LogP contribution in [-0.2, 0) is 0 Å². The molecule has 0 fully saturated rings. The fourth-order valence-corrected chi connectivity index (χ4v) is 1.00. The number of hydrogen-bond donors (Lipinski definition) is 2. The maximum Gasteiger partial charge on any atom is 0.0480 e. The molecule has 0 aliphatic carbocycles. The van der Waals surface area contributed by atoms with Crippen molar-refractivity contribution in [2.75, 3.05) is 32.8 Å². The third kappa shape index (κ3) is 6.28. The molecule has 11 heavy (non-hydrogen) atoms. The molecule has 3 N–H and O–H groups in total. The summed E-state index contributed by atoms with van der Waals surface area (Å²) in [6, 6.07) is 0. The van der Waals surface area contributed by atoms with E-state index in [1.165, 1.54) is 13.0 Å². The van der Waals surface area contributed by atoms with Gasteiger partial charge in [0.1, 0.15) is 0 Å². The lowest BCUT2D eigenvalue weighted by molar-refractivity contribution is 0.267. The average Bonchev–Trinajstić information content (AvgIpc) is 2.03. The van der Waals surface area contributed by atoms with Gasteiger partial charge in [0.15, 0.2) is 0 Å². The van der Waals surface area contributed by atoms with E-state index in [9.17, 15) is 0 Å². The molecule has 0 atom stereocenters. The number of nitrogens with one attached hydrogen (secondary N) is 1. The zero-order chi connectivity index (χ0) is 8.53. The van der Waals surface area contributed by atoms with Crippen molar-refractivity contribution in [3.8, 4) is 0 Å². The lowest BCUT2D eigenvalue weighted by Crippen LogP contribution is -2.36. The first-order valence-corrected chi connectivity index (χ1v) is 4.48. The highest BCUT2D eigenvalue weighted by molar-refractivity contribution is 4.52. The first kappa shape index (κ1) is 10.9. The van der Waals surface area contributed by atoms with Gasteiger partial charge in [-0.2, -0.15) is 0 Å². The van der Waals surface area contributed by atoms with Gasteiger partial charge >= 0.3 is 0 Å². The Labute approximate surface area is 69.9 Å². The predicted octanol–water partition coefficient (Wildman–Crippen LogP) is 0.224. The quantitative estimate of drug-likeness (QED) is 0.412. The minimum Gasteiger partial charge on any atom is -0.329 e. The summed E-state index contributed by atoms with van der Waals surface area (Å²) in [4.78, 5) is 2.37. The second kappa shape index (κ2) is 7.98. The number of hydrogen-bond acceptors (Lipinski definition) is 3. The van der Waals surface area contributed by atoms with Crippen LogP contribution in [0.1, 0.15) is 20.3 Å². The molecule has 0 radical (unpaired) electrons. The van der Waals surface area contributed by atoms with Gasteiger partial charge in [-0.3, -0.25) is 4.90 Å². The maximum absolute atomic E-state index is 5.35. The third-order valence-electron chi connectivity index (χ3n) is 1.64. The van der Waals surface area contributed by atoms with Crippen LogP contribution in [0.25, 0.3) is 0 Å². The van der Waals surface area contributed by atoms with E-state index >= 15 is 0 Å². The molecule has 0 bridgehead atoms. The summed E-state index contributed by atoms with van der Waals surface area (Å²) in [5.74, 6) is 0. The van der Waals surface area contributed by atoms with E-state index in [4.69, 9.17) is 5.73 Å². The maximum atomic E-state index is 5.35. The Morgan fingerprint density at radius 3 is 2.55 bits per heavy atom. The van der Waals surface area contributed by atoms with Gasteiger partial charge in [-0.05, 0) is 19.5 Å². The highest BCUT2D eigenvalue weighted by Gasteiger charge is 1.97. The minimum atomic E-state index is 0.726. The molecule has 0 saturated carbocycles. The lowest BCUT2D eigenvalue weighted by Gasteiger charge is -2.19. The van der Waals surface area contributed by atoms with E-state index in [1.807, 2.05) is 0 Å². The molecule has 0 aromatic rings. The van der Waals surface area contributed by atoms with E-state index in [-0.39, 0.29) is 0 Å². The molecule has 3 nitrogen and oxygen atoms in total. The molecule has 0 rings (SSSR count). The Hall–Kier alpha value is -0.120. The van der Waals surface area contributed by atoms with Crippen molar-refractivity contribution in [3.63, 3.8) is 0 Å². The van der Waals surface area contributed by atoms with Crippen molar-refractivity contribution >= 4 is 0 Å². The normalized spacial score (nSPS) is 10.9. The van der Waals surface area contributed by atoms with Gasteiger partial charge in [-0.25, -0.2) is 0 Å². The summed E-state index contributed by atoms with van der Waals surface area (Å²) in [5.41, 5.74) is 5.35. The predicted molar refractivity (Wildman–Crippen MR) is 49.5 cm³/mol. The number of rotatable bonds is 7. The minimum absolute atomic E-state index is 0.726. The van der Waals surface area contributed by atoms with E-state index in [0.29, 0.717) is 0 Å². The van der Waals surface area contributed by atoms with Gasteiger partial charge in [-0.1, -0.05) is 13.8 Å². The van der Waals surface area contributed by atoms with Gasteiger partial charge in [0.25, 0.3) is 0 Å². The summed E-state index contributed by atoms with van der Waals surface area (Å²) >= 11 is 0. The number of nitrogens with zero attached hydrogens (tertiary/aromatic N) is 1. The SMILES string of the molecule is CCCN(CC)CNCCN. The second-order valence-electron chi connectivity index (χ2n) is 2.66. The summed E-state index contributed by atoms with van der Waals surface area (Å²) in [7, 11) is 0. The molecule has 0 aliphatic heterocycles. The molecule has 68 valence electrons. The van der Waals surface area contributed by atoms with Crippen LogP contribution >= 0.6 is 0 Å². The van der Waals surface area contributed by atoms with Crippen molar-refractivity contribution in [1.82, 2.24) is 10.2 Å². The van der Waals surface area contributed by atoms with Crippen LogP contribution in [0.2, 0.25) is 0 Å². The molecule has 0 aromatic heterocycles. The second-order valence-corrected chi connectivity index (χ2v) is 2.66. The van der Waals surface area contributed by atoms with E-state index in [0.717, 1.165) is 26.3 Å². The van der Waals surface area contributed by atoms with Gasteiger partial charge in [0.2, 0.25) is 0 Å². The van der Waals surface area contributed by atoms with Crippen LogP contribution in [0.15, 0.2) is 0 Å². The fraction of sp³-hybridized carbons (Fsp3) is 1.00. The molecular weight excluding hydrogens is 138 g/mol. The summed E-state index contributed by atoms with van der Waals surface area (Å²) in [5, 5.41) is 3.27. The van der Waals surface area contributed by atoms with Gasteiger partial charge in [-0.15, -0.1) is 0 Å². The highest BCUT2D eigenvalue weighted by Crippen LogP contribution is 1.86. The molecular formula is C8H21N3. The molecule has 0 aliphatic rings. The molecule has 0 amide bonds. The molecule has 0 heterocycles. The molecule has 0 unspecified atom stereocenters. The van der Waals surface area contributed by atoms with Crippen LogP contribution in [0, 0.1) is 0 Å². The van der Waals surface area contributed by atoms with E-state index in [2.05, 4.69) is 24.1 Å². The summed E-state index contributed by atoms with van der Waals surface area (Å²) in [6.07, 6.45) is 1.22. The Morgan fingerprint density at radius 2 is 2.09 bits per heavy atom. The Balaban J connectivity index is 3.20. The zero-order valence-electron chi connectivity index (χ0n) is 7.77. The van der Waals surface area contributed by atoms with Crippen molar-refractivity contribution < 1.29 is 0 Å². The largest absolute Gasteiger partial charge is 0.329 e. The van der Waals surface area contributed by atoms with Crippen molar-refractivity contribution in [3.05, 3.63) is 0 Å². The Bertz CT molecular complexity index is 75.7. The topological polar surface area (TPSA) is 41.3 Å². The van der Waals surface area contributed by atoms with Gasteiger partial charge in [0, 0.05) is 19.8 Å². The third-order valence-corrected chi connectivity index (χ3v) is 1.64. The monoisotopic (exact) mass is 159 g/mol. The van der Waals surface area contributed by atoms with E-state index in [1.54, 1.807) is 0 Å². The summed E-state index contributed by atoms with van der Waals surface area (Å²) < 4.78 is 0.